The summed E-state index contributed by atoms with van der Waals surface area (Å²) >= 11 is 0. The van der Waals surface area contributed by atoms with E-state index in [0.717, 1.165) is 22.6 Å². The molecule has 1 aliphatic carbocycles. The lowest BCUT2D eigenvalue weighted by Gasteiger charge is -2.16. The van der Waals surface area contributed by atoms with Crippen molar-refractivity contribution in [2.24, 2.45) is 0 Å². The molecule has 6 nitrogen and oxygen atoms in total. The highest BCUT2D eigenvalue weighted by molar-refractivity contribution is 6.02. The van der Waals surface area contributed by atoms with Gasteiger partial charge in [0, 0.05) is 25.6 Å². The molecule has 1 amide bonds. The maximum absolute atomic E-state index is 13.3. The van der Waals surface area contributed by atoms with Crippen molar-refractivity contribution in [1.29, 1.82) is 0 Å². The number of rotatable bonds is 5. The first kappa shape index (κ1) is 18.6. The average Bonchev–Trinajstić information content (AvgIpc) is 3.52. The highest BCUT2D eigenvalue weighted by Crippen LogP contribution is 2.31. The van der Waals surface area contributed by atoms with Gasteiger partial charge in [-0.1, -0.05) is 25.0 Å². The van der Waals surface area contributed by atoms with Crippen LogP contribution in [0.4, 0.5) is 0 Å². The number of carbonyl (C=O) groups is 1. The fraction of sp³-hybridized carbons (Fsp3) is 0.292. The van der Waals surface area contributed by atoms with Crippen molar-refractivity contribution in [1.82, 2.24) is 24.1 Å². The summed E-state index contributed by atoms with van der Waals surface area (Å²) in [5.41, 5.74) is 4.28. The van der Waals surface area contributed by atoms with Gasteiger partial charge >= 0.3 is 0 Å². The smallest absolute Gasteiger partial charge is 0.256 e. The van der Waals surface area contributed by atoms with Crippen molar-refractivity contribution in [3.63, 3.8) is 0 Å². The number of fused-ring (bicyclic) bond motifs is 1. The van der Waals surface area contributed by atoms with Gasteiger partial charge in [0.25, 0.3) is 5.91 Å². The summed E-state index contributed by atoms with van der Waals surface area (Å²) in [6.07, 6.45) is 10.7. The van der Waals surface area contributed by atoms with Crippen LogP contribution in [0.2, 0.25) is 0 Å². The lowest BCUT2D eigenvalue weighted by Crippen LogP contribution is -2.26. The zero-order valence-electron chi connectivity index (χ0n) is 17.1. The number of amides is 1. The van der Waals surface area contributed by atoms with E-state index in [9.17, 15) is 4.79 Å². The number of hydrogen-bond acceptors (Lipinski definition) is 3. The molecule has 0 N–H and O–H groups in total. The minimum atomic E-state index is -0.0224. The molecule has 152 valence electrons. The molecule has 0 bridgehead atoms. The van der Waals surface area contributed by atoms with E-state index in [-0.39, 0.29) is 5.91 Å². The molecule has 0 atom stereocenters. The first-order valence-electron chi connectivity index (χ1n) is 10.5. The Morgan fingerprint density at radius 3 is 2.73 bits per heavy atom. The van der Waals surface area contributed by atoms with Crippen molar-refractivity contribution in [3.8, 4) is 11.4 Å². The molecule has 5 rings (SSSR count). The van der Waals surface area contributed by atoms with Crippen LogP contribution in [0.25, 0.3) is 16.9 Å². The van der Waals surface area contributed by atoms with Gasteiger partial charge in [-0.3, -0.25) is 14.5 Å². The molecule has 1 aliphatic rings. The van der Waals surface area contributed by atoms with Gasteiger partial charge < -0.3 is 9.30 Å². The van der Waals surface area contributed by atoms with E-state index in [0.29, 0.717) is 18.2 Å². The first-order chi connectivity index (χ1) is 14.7. The molecule has 1 fully saturated rings. The van der Waals surface area contributed by atoms with E-state index >= 15 is 0 Å². The molecule has 0 aromatic carbocycles. The zero-order valence-corrected chi connectivity index (χ0v) is 17.1. The second-order valence-corrected chi connectivity index (χ2v) is 8.00. The third-order valence-corrected chi connectivity index (χ3v) is 5.95. The molecule has 4 heterocycles. The molecule has 4 aromatic heterocycles. The van der Waals surface area contributed by atoms with Crippen molar-refractivity contribution in [2.45, 2.75) is 38.3 Å². The van der Waals surface area contributed by atoms with Crippen LogP contribution in [0.15, 0.2) is 67.1 Å². The van der Waals surface area contributed by atoms with E-state index in [2.05, 4.69) is 26.3 Å². The van der Waals surface area contributed by atoms with E-state index in [1.165, 1.54) is 25.7 Å². The molecule has 0 spiro atoms. The predicted octanol–water partition coefficient (Wildman–Crippen LogP) is 4.59. The Balaban J connectivity index is 1.49. The second kappa shape index (κ2) is 7.78. The highest BCUT2D eigenvalue weighted by Gasteiger charge is 2.22. The van der Waals surface area contributed by atoms with E-state index in [1.54, 1.807) is 11.1 Å². The lowest BCUT2D eigenvalue weighted by atomic mass is 10.2. The van der Waals surface area contributed by atoms with Crippen LogP contribution in [0.1, 0.15) is 47.8 Å². The van der Waals surface area contributed by atoms with Gasteiger partial charge in [0.15, 0.2) is 0 Å². The van der Waals surface area contributed by atoms with Gasteiger partial charge in [-0.2, -0.15) is 5.10 Å². The van der Waals surface area contributed by atoms with Crippen LogP contribution in [0, 0.1) is 0 Å². The topological polar surface area (TPSA) is 55.4 Å². The van der Waals surface area contributed by atoms with Gasteiger partial charge in [0.1, 0.15) is 5.69 Å². The van der Waals surface area contributed by atoms with Crippen molar-refractivity contribution >= 4 is 11.4 Å². The molecule has 0 radical (unpaired) electrons. The second-order valence-electron chi connectivity index (χ2n) is 8.00. The Morgan fingerprint density at radius 1 is 1.10 bits per heavy atom. The minimum absolute atomic E-state index is 0.0224. The van der Waals surface area contributed by atoms with Gasteiger partial charge in [0.2, 0.25) is 0 Å². The van der Waals surface area contributed by atoms with Crippen LogP contribution in [0.3, 0.4) is 0 Å². The number of carbonyl (C=O) groups excluding carboxylic acids is 1. The van der Waals surface area contributed by atoms with Crippen LogP contribution < -0.4 is 0 Å². The maximum atomic E-state index is 13.3. The molecular weight excluding hydrogens is 374 g/mol. The fourth-order valence-electron chi connectivity index (χ4n) is 4.38. The molecule has 0 unspecified atom stereocenters. The zero-order chi connectivity index (χ0) is 20.5. The van der Waals surface area contributed by atoms with E-state index in [4.69, 9.17) is 5.10 Å². The van der Waals surface area contributed by atoms with Crippen LogP contribution >= 0.6 is 0 Å². The SMILES string of the molecule is CN(Cc1ccccn1)C(=O)c1cc(-c2ccn(C3CCCC3)n2)n2ccccc12. The Hall–Kier alpha value is -3.41. The minimum Gasteiger partial charge on any atom is -0.336 e. The van der Waals surface area contributed by atoms with Crippen LogP contribution in [-0.2, 0) is 6.54 Å². The summed E-state index contributed by atoms with van der Waals surface area (Å²) < 4.78 is 4.16. The number of hydrogen-bond donors (Lipinski definition) is 0. The van der Waals surface area contributed by atoms with E-state index in [1.807, 2.05) is 55.7 Å². The van der Waals surface area contributed by atoms with Gasteiger partial charge in [0.05, 0.1) is 35.1 Å². The monoisotopic (exact) mass is 399 g/mol. The molecule has 1 saturated carbocycles. The molecule has 6 heteroatoms. The largest absolute Gasteiger partial charge is 0.336 e. The normalized spacial score (nSPS) is 14.4. The van der Waals surface area contributed by atoms with E-state index < -0.39 is 0 Å². The Labute approximate surface area is 175 Å². The Bertz CT molecular complexity index is 1170. The summed E-state index contributed by atoms with van der Waals surface area (Å²) in [5, 5.41) is 4.86. The summed E-state index contributed by atoms with van der Waals surface area (Å²) in [5.74, 6) is -0.0224. The summed E-state index contributed by atoms with van der Waals surface area (Å²) in [6, 6.07) is 16.2. The number of pyridine rings is 2. The maximum Gasteiger partial charge on any atom is 0.256 e. The van der Waals surface area contributed by atoms with Gasteiger partial charge in [-0.25, -0.2) is 0 Å². The van der Waals surface area contributed by atoms with Crippen LogP contribution in [0.5, 0.6) is 0 Å². The third kappa shape index (κ3) is 3.38. The third-order valence-electron chi connectivity index (χ3n) is 5.95. The molecule has 0 saturated heterocycles. The molecule has 4 aromatic rings. The first-order valence-corrected chi connectivity index (χ1v) is 10.5. The Morgan fingerprint density at radius 2 is 1.93 bits per heavy atom. The number of nitrogens with zero attached hydrogens (tertiary/aromatic N) is 5. The molecular formula is C24H25N5O. The van der Waals surface area contributed by atoms with Crippen molar-refractivity contribution < 1.29 is 4.79 Å². The number of aromatic nitrogens is 4. The van der Waals surface area contributed by atoms with Gasteiger partial charge in [-0.05, 0) is 49.2 Å². The summed E-state index contributed by atoms with van der Waals surface area (Å²) in [6.45, 7) is 0.468. The van der Waals surface area contributed by atoms with Crippen molar-refractivity contribution in [2.75, 3.05) is 7.05 Å². The average molecular weight is 399 g/mol. The predicted molar refractivity (Wildman–Crippen MR) is 116 cm³/mol. The quantitative estimate of drug-likeness (QED) is 0.493. The lowest BCUT2D eigenvalue weighted by molar-refractivity contribution is 0.0785. The molecule has 0 aliphatic heterocycles. The Kier molecular flexibility index (Phi) is 4.83. The summed E-state index contributed by atoms with van der Waals surface area (Å²) in [4.78, 5) is 19.3. The standard InChI is InChI=1S/C24H25N5O/c1-27(17-18-8-4-6-13-25-18)24(30)20-16-23(28-14-7-5-11-22(20)28)21-12-15-29(26-21)19-9-2-3-10-19/h4-8,11-16,19H,2-3,9-10,17H2,1H3. The molecule has 30 heavy (non-hydrogen) atoms. The van der Waals surface area contributed by atoms with Crippen LogP contribution in [-0.4, -0.2) is 37.0 Å². The van der Waals surface area contributed by atoms with Crippen molar-refractivity contribution in [3.05, 3.63) is 78.4 Å². The fourth-order valence-corrected chi connectivity index (χ4v) is 4.38. The summed E-state index contributed by atoms with van der Waals surface area (Å²) in [7, 11) is 1.82. The van der Waals surface area contributed by atoms with Gasteiger partial charge in [-0.15, -0.1) is 0 Å². The highest BCUT2D eigenvalue weighted by atomic mass is 16.2.